The Balaban J connectivity index is 1.78. The van der Waals surface area contributed by atoms with Gasteiger partial charge < -0.3 is 15.5 Å². The van der Waals surface area contributed by atoms with Crippen molar-refractivity contribution < 1.29 is 9.59 Å². The summed E-state index contributed by atoms with van der Waals surface area (Å²) < 4.78 is 0. The number of amides is 2. The van der Waals surface area contributed by atoms with Gasteiger partial charge in [-0.2, -0.15) is 0 Å². The van der Waals surface area contributed by atoms with Gasteiger partial charge in [0.25, 0.3) is 0 Å². The summed E-state index contributed by atoms with van der Waals surface area (Å²) in [5, 5.41) is 0. The minimum atomic E-state index is -0.00993. The molecule has 102 valence electrons. The number of hydrogen-bond acceptors (Lipinski definition) is 3. The first-order chi connectivity index (χ1) is 8.59. The Morgan fingerprint density at radius 1 is 1.44 bits per heavy atom. The van der Waals surface area contributed by atoms with E-state index in [0.717, 1.165) is 32.2 Å². The average Bonchev–Trinajstić information content (AvgIpc) is 2.94. The van der Waals surface area contributed by atoms with Crippen LogP contribution in [0.15, 0.2) is 0 Å². The second-order valence-corrected chi connectivity index (χ2v) is 5.45. The third kappa shape index (κ3) is 2.83. The van der Waals surface area contributed by atoms with Crippen LogP contribution in [0.3, 0.4) is 0 Å². The highest BCUT2D eigenvalue weighted by Gasteiger charge is 2.32. The molecular weight excluding hydrogens is 230 g/mol. The summed E-state index contributed by atoms with van der Waals surface area (Å²) in [6.45, 7) is 2.11. The SMILES string of the molecule is CN(CCN1CCCC1=O)C(=O)C1CCCC1N. The van der Waals surface area contributed by atoms with Gasteiger partial charge in [-0.05, 0) is 19.3 Å². The Kier molecular flexibility index (Phi) is 4.22. The summed E-state index contributed by atoms with van der Waals surface area (Å²) in [5.74, 6) is 0.351. The molecule has 0 aromatic carbocycles. The van der Waals surface area contributed by atoms with Gasteiger partial charge in [-0.3, -0.25) is 9.59 Å². The lowest BCUT2D eigenvalue weighted by molar-refractivity contribution is -0.136. The van der Waals surface area contributed by atoms with Crippen LogP contribution < -0.4 is 5.73 Å². The van der Waals surface area contributed by atoms with E-state index in [1.165, 1.54) is 0 Å². The molecule has 1 aliphatic carbocycles. The molecule has 2 fully saturated rings. The smallest absolute Gasteiger partial charge is 0.227 e. The van der Waals surface area contributed by atoms with Gasteiger partial charge in [-0.25, -0.2) is 0 Å². The fraction of sp³-hybridized carbons (Fsp3) is 0.846. The van der Waals surface area contributed by atoms with Crippen molar-refractivity contribution in [3.63, 3.8) is 0 Å². The first-order valence-corrected chi connectivity index (χ1v) is 6.88. The Morgan fingerprint density at radius 2 is 2.22 bits per heavy atom. The molecule has 0 spiro atoms. The largest absolute Gasteiger partial charge is 0.344 e. The van der Waals surface area contributed by atoms with Crippen LogP contribution in [-0.4, -0.2) is 54.3 Å². The number of carbonyl (C=O) groups excluding carboxylic acids is 2. The molecule has 0 bridgehead atoms. The van der Waals surface area contributed by atoms with E-state index < -0.39 is 0 Å². The number of hydrogen-bond donors (Lipinski definition) is 1. The quantitative estimate of drug-likeness (QED) is 0.778. The summed E-state index contributed by atoms with van der Waals surface area (Å²) >= 11 is 0. The number of likely N-dealkylation sites (tertiary alicyclic amines) is 1. The molecule has 2 rings (SSSR count). The first kappa shape index (κ1) is 13.3. The summed E-state index contributed by atoms with van der Waals surface area (Å²) in [5.41, 5.74) is 5.95. The van der Waals surface area contributed by atoms with Crippen LogP contribution in [-0.2, 0) is 9.59 Å². The van der Waals surface area contributed by atoms with E-state index in [4.69, 9.17) is 5.73 Å². The van der Waals surface area contributed by atoms with Crippen LogP contribution in [0.2, 0.25) is 0 Å². The van der Waals surface area contributed by atoms with Crippen LogP contribution in [0.4, 0.5) is 0 Å². The van der Waals surface area contributed by atoms with E-state index >= 15 is 0 Å². The second kappa shape index (κ2) is 5.69. The van der Waals surface area contributed by atoms with E-state index in [1.54, 1.807) is 4.90 Å². The molecule has 1 heterocycles. The minimum Gasteiger partial charge on any atom is -0.344 e. The highest BCUT2D eigenvalue weighted by molar-refractivity contribution is 5.80. The molecule has 5 heteroatoms. The molecule has 0 aromatic heterocycles. The summed E-state index contributed by atoms with van der Waals surface area (Å²) in [7, 11) is 1.81. The average molecular weight is 253 g/mol. The van der Waals surface area contributed by atoms with E-state index in [-0.39, 0.29) is 23.8 Å². The Hall–Kier alpha value is -1.10. The van der Waals surface area contributed by atoms with Gasteiger partial charge in [-0.15, -0.1) is 0 Å². The van der Waals surface area contributed by atoms with Crippen LogP contribution in [0, 0.1) is 5.92 Å². The molecule has 5 nitrogen and oxygen atoms in total. The molecule has 18 heavy (non-hydrogen) atoms. The molecule has 1 saturated heterocycles. The molecule has 2 amide bonds. The molecular formula is C13H23N3O2. The normalized spacial score (nSPS) is 27.9. The van der Waals surface area contributed by atoms with Gasteiger partial charge in [0.15, 0.2) is 0 Å². The Labute approximate surface area is 108 Å². The van der Waals surface area contributed by atoms with Crippen LogP contribution in [0.25, 0.3) is 0 Å². The molecule has 2 aliphatic rings. The molecule has 2 unspecified atom stereocenters. The fourth-order valence-corrected chi connectivity index (χ4v) is 2.90. The zero-order valence-corrected chi connectivity index (χ0v) is 11.1. The van der Waals surface area contributed by atoms with Crippen LogP contribution >= 0.6 is 0 Å². The maximum atomic E-state index is 12.2. The maximum absolute atomic E-state index is 12.2. The Bertz CT molecular complexity index is 332. The van der Waals surface area contributed by atoms with E-state index in [0.29, 0.717) is 19.5 Å². The maximum Gasteiger partial charge on any atom is 0.227 e. The third-order valence-electron chi connectivity index (χ3n) is 4.14. The number of nitrogens with zero attached hydrogens (tertiary/aromatic N) is 2. The predicted octanol–water partition coefficient (Wildman–Crippen LogP) is 0.195. The van der Waals surface area contributed by atoms with Crippen LogP contribution in [0.5, 0.6) is 0 Å². The van der Waals surface area contributed by atoms with E-state index in [1.807, 2.05) is 11.9 Å². The fourth-order valence-electron chi connectivity index (χ4n) is 2.90. The lowest BCUT2D eigenvalue weighted by Crippen LogP contribution is -2.43. The molecule has 2 atom stereocenters. The molecule has 1 aliphatic heterocycles. The third-order valence-corrected chi connectivity index (χ3v) is 4.14. The van der Waals surface area contributed by atoms with Crippen molar-refractivity contribution in [1.82, 2.24) is 9.80 Å². The molecule has 0 aromatic rings. The molecule has 2 N–H and O–H groups in total. The first-order valence-electron chi connectivity index (χ1n) is 6.88. The van der Waals surface area contributed by atoms with Gasteiger partial charge in [0.1, 0.15) is 0 Å². The minimum absolute atomic E-state index is 0.00993. The molecule has 0 radical (unpaired) electrons. The lowest BCUT2D eigenvalue weighted by Gasteiger charge is -2.25. The van der Waals surface area contributed by atoms with Crippen molar-refractivity contribution >= 4 is 11.8 Å². The summed E-state index contributed by atoms with van der Waals surface area (Å²) in [4.78, 5) is 27.2. The van der Waals surface area contributed by atoms with Crippen LogP contribution in [0.1, 0.15) is 32.1 Å². The highest BCUT2D eigenvalue weighted by atomic mass is 16.2. The second-order valence-electron chi connectivity index (χ2n) is 5.45. The van der Waals surface area contributed by atoms with Gasteiger partial charge in [0.05, 0.1) is 5.92 Å². The zero-order valence-electron chi connectivity index (χ0n) is 11.1. The number of nitrogens with two attached hydrogens (primary N) is 1. The highest BCUT2D eigenvalue weighted by Crippen LogP contribution is 2.25. The number of rotatable bonds is 4. The van der Waals surface area contributed by atoms with Gasteiger partial charge in [0.2, 0.25) is 11.8 Å². The van der Waals surface area contributed by atoms with E-state index in [2.05, 4.69) is 0 Å². The Morgan fingerprint density at radius 3 is 2.78 bits per heavy atom. The predicted molar refractivity (Wildman–Crippen MR) is 68.8 cm³/mol. The van der Waals surface area contributed by atoms with Crippen molar-refractivity contribution in [2.45, 2.75) is 38.1 Å². The monoisotopic (exact) mass is 253 g/mol. The van der Waals surface area contributed by atoms with Gasteiger partial charge >= 0.3 is 0 Å². The standard InChI is InChI=1S/C13H23N3O2/c1-15(8-9-16-7-3-6-12(16)17)13(18)10-4-2-5-11(10)14/h10-11H,2-9,14H2,1H3. The summed E-state index contributed by atoms with van der Waals surface area (Å²) in [6, 6.07) is 0.0216. The lowest BCUT2D eigenvalue weighted by atomic mass is 10.0. The number of carbonyl (C=O) groups is 2. The molecule has 1 saturated carbocycles. The zero-order chi connectivity index (χ0) is 13.1. The topological polar surface area (TPSA) is 66.6 Å². The summed E-state index contributed by atoms with van der Waals surface area (Å²) in [6.07, 6.45) is 4.52. The van der Waals surface area contributed by atoms with Gasteiger partial charge in [-0.1, -0.05) is 6.42 Å². The van der Waals surface area contributed by atoms with Crippen molar-refractivity contribution in [3.05, 3.63) is 0 Å². The van der Waals surface area contributed by atoms with Gasteiger partial charge in [0, 0.05) is 39.1 Å². The van der Waals surface area contributed by atoms with Crippen molar-refractivity contribution in [2.75, 3.05) is 26.7 Å². The van der Waals surface area contributed by atoms with Crippen molar-refractivity contribution in [2.24, 2.45) is 11.7 Å². The van der Waals surface area contributed by atoms with Crippen molar-refractivity contribution in [1.29, 1.82) is 0 Å². The van der Waals surface area contributed by atoms with E-state index in [9.17, 15) is 9.59 Å². The number of likely N-dealkylation sites (N-methyl/N-ethyl adjacent to an activating group) is 1. The van der Waals surface area contributed by atoms with Crippen molar-refractivity contribution in [3.8, 4) is 0 Å².